The molecule has 0 saturated heterocycles. The summed E-state index contributed by atoms with van der Waals surface area (Å²) in [6.45, 7) is -0.547. The van der Waals surface area contributed by atoms with E-state index in [9.17, 15) is 18.0 Å². The second-order valence-corrected chi connectivity index (χ2v) is 5.65. The van der Waals surface area contributed by atoms with E-state index in [1.54, 1.807) is 0 Å². The molecular formula is C15H17F3N2O. The Morgan fingerprint density at radius 2 is 2.00 bits per heavy atom. The molecule has 0 bridgehead atoms. The third-order valence-electron chi connectivity index (χ3n) is 3.98. The van der Waals surface area contributed by atoms with E-state index < -0.39 is 24.7 Å². The number of halogens is 3. The van der Waals surface area contributed by atoms with Crippen molar-refractivity contribution in [1.82, 2.24) is 10.2 Å². The second-order valence-electron chi connectivity index (χ2n) is 5.65. The topological polar surface area (TPSA) is 32.3 Å². The molecule has 6 heteroatoms. The Morgan fingerprint density at radius 3 is 2.67 bits per heavy atom. The molecule has 1 atom stereocenters. The van der Waals surface area contributed by atoms with Crippen LogP contribution in [-0.4, -0.2) is 36.1 Å². The highest BCUT2D eigenvalue weighted by Gasteiger charge is 2.43. The standard InChI is InChI=1S/C15H17F3N2O/c16-15(17,18)9-20(11-5-6-11)14(21)13-12-4-2-1-3-10(12)7-8-19-13/h1-4,11,13,19H,5-9H2. The van der Waals surface area contributed by atoms with Crippen molar-refractivity contribution < 1.29 is 18.0 Å². The number of rotatable bonds is 3. The van der Waals surface area contributed by atoms with Crippen LogP contribution in [0.4, 0.5) is 13.2 Å². The minimum atomic E-state index is -4.35. The summed E-state index contributed by atoms with van der Waals surface area (Å²) in [7, 11) is 0. The van der Waals surface area contributed by atoms with Crippen LogP contribution >= 0.6 is 0 Å². The van der Waals surface area contributed by atoms with Crippen LogP contribution in [0.3, 0.4) is 0 Å². The van der Waals surface area contributed by atoms with Gasteiger partial charge in [-0.3, -0.25) is 4.79 Å². The van der Waals surface area contributed by atoms with Gasteiger partial charge in [0.05, 0.1) is 0 Å². The first-order valence-electron chi connectivity index (χ1n) is 7.14. The van der Waals surface area contributed by atoms with Gasteiger partial charge < -0.3 is 10.2 Å². The van der Waals surface area contributed by atoms with Crippen LogP contribution in [0.25, 0.3) is 0 Å². The predicted octanol–water partition coefficient (Wildman–Crippen LogP) is 2.43. The van der Waals surface area contributed by atoms with Crippen molar-refractivity contribution in [2.75, 3.05) is 13.1 Å². The third kappa shape index (κ3) is 3.20. The second kappa shape index (κ2) is 5.33. The summed E-state index contributed by atoms with van der Waals surface area (Å²) in [4.78, 5) is 13.6. The molecule has 0 spiro atoms. The van der Waals surface area contributed by atoms with Gasteiger partial charge in [0.1, 0.15) is 12.6 Å². The van der Waals surface area contributed by atoms with Crippen LogP contribution in [0.15, 0.2) is 24.3 Å². The normalized spacial score (nSPS) is 21.8. The van der Waals surface area contributed by atoms with Gasteiger partial charge >= 0.3 is 6.18 Å². The molecule has 1 aliphatic carbocycles. The van der Waals surface area contributed by atoms with E-state index in [4.69, 9.17) is 0 Å². The SMILES string of the molecule is O=C(C1NCCc2ccccc21)N(CC(F)(F)F)C1CC1. The van der Waals surface area contributed by atoms with Gasteiger partial charge in [0.15, 0.2) is 0 Å². The molecule has 1 saturated carbocycles. The third-order valence-corrected chi connectivity index (χ3v) is 3.98. The number of amides is 1. The predicted molar refractivity (Wildman–Crippen MR) is 71.7 cm³/mol. The molecule has 0 aromatic heterocycles. The zero-order chi connectivity index (χ0) is 15.0. The van der Waals surface area contributed by atoms with Crippen molar-refractivity contribution in [1.29, 1.82) is 0 Å². The lowest BCUT2D eigenvalue weighted by molar-refractivity contribution is -0.163. The molecule has 1 heterocycles. The molecule has 114 valence electrons. The number of carbonyl (C=O) groups is 1. The minimum absolute atomic E-state index is 0.255. The Kier molecular flexibility index (Phi) is 3.65. The van der Waals surface area contributed by atoms with Crippen LogP contribution in [0, 0.1) is 0 Å². The number of benzene rings is 1. The van der Waals surface area contributed by atoms with Gasteiger partial charge in [-0.25, -0.2) is 0 Å². The number of nitrogens with zero attached hydrogens (tertiary/aromatic N) is 1. The van der Waals surface area contributed by atoms with Gasteiger partial charge in [0.25, 0.3) is 0 Å². The molecule has 1 unspecified atom stereocenters. The molecule has 1 N–H and O–H groups in total. The summed E-state index contributed by atoms with van der Waals surface area (Å²) in [5, 5.41) is 3.07. The maximum absolute atomic E-state index is 12.7. The van der Waals surface area contributed by atoms with Gasteiger partial charge in [-0.05, 0) is 30.4 Å². The quantitative estimate of drug-likeness (QED) is 0.929. The van der Waals surface area contributed by atoms with Gasteiger partial charge in [0.2, 0.25) is 5.91 Å². The lowest BCUT2D eigenvalue weighted by atomic mass is 9.93. The number of alkyl halides is 3. The fourth-order valence-corrected chi connectivity index (χ4v) is 2.86. The summed E-state index contributed by atoms with van der Waals surface area (Å²) >= 11 is 0. The molecule has 2 aliphatic rings. The van der Waals surface area contributed by atoms with Gasteiger partial charge in [-0.15, -0.1) is 0 Å². The largest absolute Gasteiger partial charge is 0.406 e. The average molecular weight is 298 g/mol. The summed E-state index contributed by atoms with van der Waals surface area (Å²) in [6.07, 6.45) is -2.23. The first-order chi connectivity index (χ1) is 9.96. The van der Waals surface area contributed by atoms with E-state index in [0.29, 0.717) is 19.4 Å². The van der Waals surface area contributed by atoms with Gasteiger partial charge in [-0.1, -0.05) is 24.3 Å². The zero-order valence-electron chi connectivity index (χ0n) is 11.5. The Bertz CT molecular complexity index is 540. The molecular weight excluding hydrogens is 281 g/mol. The number of fused-ring (bicyclic) bond motifs is 1. The average Bonchev–Trinajstić information content (AvgIpc) is 3.27. The smallest absolute Gasteiger partial charge is 0.329 e. The monoisotopic (exact) mass is 298 g/mol. The molecule has 1 aromatic rings. The number of hydrogen-bond acceptors (Lipinski definition) is 2. The van der Waals surface area contributed by atoms with E-state index in [0.717, 1.165) is 22.4 Å². The first kappa shape index (κ1) is 14.4. The number of carbonyl (C=O) groups excluding carboxylic acids is 1. The Morgan fingerprint density at radius 1 is 1.29 bits per heavy atom. The van der Waals surface area contributed by atoms with Crippen molar-refractivity contribution in [3.8, 4) is 0 Å². The highest BCUT2D eigenvalue weighted by atomic mass is 19.4. The Balaban J connectivity index is 1.84. The molecule has 3 nitrogen and oxygen atoms in total. The fourth-order valence-electron chi connectivity index (χ4n) is 2.86. The lowest BCUT2D eigenvalue weighted by Crippen LogP contribution is -2.47. The van der Waals surface area contributed by atoms with Crippen LogP contribution in [0.5, 0.6) is 0 Å². The Labute approximate surface area is 121 Å². The zero-order valence-corrected chi connectivity index (χ0v) is 11.5. The van der Waals surface area contributed by atoms with Crippen LogP contribution < -0.4 is 5.32 Å². The van der Waals surface area contributed by atoms with Gasteiger partial charge in [0, 0.05) is 12.6 Å². The molecule has 1 amide bonds. The van der Waals surface area contributed by atoms with Crippen molar-refractivity contribution >= 4 is 5.91 Å². The number of hydrogen-bond donors (Lipinski definition) is 1. The summed E-state index contributed by atoms with van der Waals surface area (Å²) in [5.74, 6) is -0.457. The van der Waals surface area contributed by atoms with Crippen molar-refractivity contribution in [3.05, 3.63) is 35.4 Å². The maximum Gasteiger partial charge on any atom is 0.406 e. The van der Waals surface area contributed by atoms with E-state index in [-0.39, 0.29) is 6.04 Å². The molecule has 0 radical (unpaired) electrons. The van der Waals surface area contributed by atoms with E-state index >= 15 is 0 Å². The summed E-state index contributed by atoms with van der Waals surface area (Å²) in [5.41, 5.74) is 1.85. The summed E-state index contributed by atoms with van der Waals surface area (Å²) < 4.78 is 38.1. The summed E-state index contributed by atoms with van der Waals surface area (Å²) in [6, 6.07) is 6.55. The highest BCUT2D eigenvalue weighted by molar-refractivity contribution is 5.84. The van der Waals surface area contributed by atoms with Crippen molar-refractivity contribution in [3.63, 3.8) is 0 Å². The van der Waals surface area contributed by atoms with Crippen LogP contribution in [-0.2, 0) is 11.2 Å². The Hall–Kier alpha value is -1.56. The first-order valence-corrected chi connectivity index (χ1v) is 7.14. The lowest BCUT2D eigenvalue weighted by Gasteiger charge is -2.32. The highest BCUT2D eigenvalue weighted by Crippen LogP contribution is 2.33. The maximum atomic E-state index is 12.7. The van der Waals surface area contributed by atoms with Crippen molar-refractivity contribution in [2.45, 2.75) is 37.5 Å². The fraction of sp³-hybridized carbons (Fsp3) is 0.533. The molecule has 21 heavy (non-hydrogen) atoms. The molecule has 3 rings (SSSR count). The van der Waals surface area contributed by atoms with E-state index in [1.165, 1.54) is 0 Å². The molecule has 1 fully saturated rings. The molecule has 1 aromatic carbocycles. The van der Waals surface area contributed by atoms with Crippen LogP contribution in [0.1, 0.15) is 30.0 Å². The molecule has 1 aliphatic heterocycles. The van der Waals surface area contributed by atoms with E-state index in [1.807, 2.05) is 24.3 Å². The van der Waals surface area contributed by atoms with Crippen LogP contribution in [0.2, 0.25) is 0 Å². The number of nitrogens with one attached hydrogen (secondary N) is 1. The van der Waals surface area contributed by atoms with E-state index in [2.05, 4.69) is 5.32 Å². The van der Waals surface area contributed by atoms with Crippen molar-refractivity contribution in [2.24, 2.45) is 0 Å². The minimum Gasteiger partial charge on any atom is -0.329 e. The van der Waals surface area contributed by atoms with Gasteiger partial charge in [-0.2, -0.15) is 13.2 Å².